The van der Waals surface area contributed by atoms with Gasteiger partial charge in [0.2, 0.25) is 5.91 Å². The number of carbonyl (C=O) groups is 3. The molecule has 0 spiro atoms. The number of halogens is 2. The van der Waals surface area contributed by atoms with Crippen LogP contribution in [0.2, 0.25) is 0 Å². The molecule has 0 saturated heterocycles. The van der Waals surface area contributed by atoms with E-state index in [9.17, 15) is 14.4 Å². The first-order chi connectivity index (χ1) is 19.3. The van der Waals surface area contributed by atoms with E-state index in [0.717, 1.165) is 28.4 Å². The van der Waals surface area contributed by atoms with Gasteiger partial charge in [0.1, 0.15) is 16.4 Å². The summed E-state index contributed by atoms with van der Waals surface area (Å²) in [5.74, 6) is -0.438. The number of hydrazine groups is 1. The zero-order valence-corrected chi connectivity index (χ0v) is 26.8. The summed E-state index contributed by atoms with van der Waals surface area (Å²) in [5, 5.41) is 13.5. The molecule has 1 aromatic heterocycles. The number of anilines is 1. The standard InChI is InChI=1S/C29H37N7O3S.2ClH/c1-5-31-12-13-35(19-27(38)34(4)36-17-22-8-6-7-9-23(22)18-36)26(37)16-32-24-11-10-21(14-20(24)2)29-33-15-25(40-29)28(39)30-3;;/h6-11,14-15,31-32H,5,12-13,16-19H2,1-4H3,(H,30,39);2*1H. The molecule has 2 heterocycles. The second-order valence-corrected chi connectivity index (χ2v) is 10.7. The molecule has 0 fully saturated rings. The number of benzene rings is 2. The van der Waals surface area contributed by atoms with Crippen LogP contribution in [0.1, 0.15) is 33.3 Å². The largest absolute Gasteiger partial charge is 0.376 e. The van der Waals surface area contributed by atoms with E-state index in [0.29, 0.717) is 31.1 Å². The van der Waals surface area contributed by atoms with E-state index in [4.69, 9.17) is 0 Å². The number of aromatic nitrogens is 1. The van der Waals surface area contributed by atoms with Crippen LogP contribution in [-0.2, 0) is 22.7 Å². The quantitative estimate of drug-likeness (QED) is 0.261. The van der Waals surface area contributed by atoms with Crippen LogP contribution in [0.5, 0.6) is 0 Å². The molecule has 2 aromatic carbocycles. The van der Waals surface area contributed by atoms with Gasteiger partial charge in [-0.1, -0.05) is 31.2 Å². The monoisotopic (exact) mass is 635 g/mol. The Morgan fingerprint density at radius 1 is 1.05 bits per heavy atom. The Morgan fingerprint density at radius 2 is 1.74 bits per heavy atom. The van der Waals surface area contributed by atoms with Crippen molar-refractivity contribution in [1.82, 2.24) is 30.5 Å². The number of amides is 3. The average Bonchev–Trinajstić information content (AvgIpc) is 3.63. The maximum atomic E-state index is 13.3. The summed E-state index contributed by atoms with van der Waals surface area (Å²) in [4.78, 5) is 44.9. The van der Waals surface area contributed by atoms with Crippen molar-refractivity contribution in [3.8, 4) is 10.6 Å². The SMILES string of the molecule is CCNCCN(CC(=O)N(C)N1Cc2ccccc2C1)C(=O)CNc1ccc(-c2ncc(C(=O)NC)s2)cc1C.Cl.Cl. The van der Waals surface area contributed by atoms with E-state index in [1.807, 2.05) is 49.2 Å². The predicted octanol–water partition coefficient (Wildman–Crippen LogP) is 3.56. The first kappa shape index (κ1) is 35.0. The summed E-state index contributed by atoms with van der Waals surface area (Å²) in [5.41, 5.74) is 5.11. The van der Waals surface area contributed by atoms with Crippen molar-refractivity contribution in [2.75, 3.05) is 52.1 Å². The molecule has 42 heavy (non-hydrogen) atoms. The summed E-state index contributed by atoms with van der Waals surface area (Å²) >= 11 is 1.33. The van der Waals surface area contributed by atoms with Crippen molar-refractivity contribution < 1.29 is 14.4 Å². The summed E-state index contributed by atoms with van der Waals surface area (Å²) in [6, 6.07) is 14.0. The lowest BCUT2D eigenvalue weighted by molar-refractivity contribution is -0.151. The van der Waals surface area contributed by atoms with Gasteiger partial charge in [-0.25, -0.2) is 9.99 Å². The van der Waals surface area contributed by atoms with E-state index < -0.39 is 0 Å². The predicted molar refractivity (Wildman–Crippen MR) is 172 cm³/mol. The molecule has 0 saturated carbocycles. The minimum absolute atomic E-state index is 0. The van der Waals surface area contributed by atoms with Crippen LogP contribution in [0.25, 0.3) is 10.6 Å². The number of rotatable bonds is 12. The van der Waals surface area contributed by atoms with Crippen LogP contribution >= 0.6 is 36.2 Å². The van der Waals surface area contributed by atoms with E-state index in [-0.39, 0.29) is 55.6 Å². The first-order valence-electron chi connectivity index (χ1n) is 13.4. The van der Waals surface area contributed by atoms with Gasteiger partial charge in [0, 0.05) is 51.5 Å². The normalized spacial score (nSPS) is 12.0. The molecule has 0 atom stereocenters. The van der Waals surface area contributed by atoms with E-state index in [2.05, 4.69) is 33.1 Å². The number of nitrogens with one attached hydrogen (secondary N) is 3. The van der Waals surface area contributed by atoms with Crippen molar-refractivity contribution >= 4 is 59.6 Å². The lowest BCUT2D eigenvalue weighted by atomic mass is 10.1. The van der Waals surface area contributed by atoms with Gasteiger partial charge in [-0.3, -0.25) is 19.4 Å². The highest BCUT2D eigenvalue weighted by atomic mass is 35.5. The van der Waals surface area contributed by atoms with Gasteiger partial charge >= 0.3 is 0 Å². The molecular formula is C29H39Cl2N7O3S. The molecule has 0 aliphatic carbocycles. The third kappa shape index (κ3) is 8.65. The molecule has 228 valence electrons. The fourth-order valence-corrected chi connectivity index (χ4v) is 5.41. The van der Waals surface area contributed by atoms with Gasteiger partial charge in [-0.2, -0.15) is 0 Å². The third-order valence-electron chi connectivity index (χ3n) is 6.96. The molecule has 0 unspecified atom stereocenters. The number of thiazole rings is 1. The van der Waals surface area contributed by atoms with Crippen LogP contribution in [0, 0.1) is 6.92 Å². The Kier molecular flexibility index (Phi) is 13.7. The average molecular weight is 637 g/mol. The highest BCUT2D eigenvalue weighted by Crippen LogP contribution is 2.28. The number of fused-ring (bicyclic) bond motifs is 1. The molecule has 3 aromatic rings. The minimum atomic E-state index is -0.161. The van der Waals surface area contributed by atoms with Crippen LogP contribution in [0.3, 0.4) is 0 Å². The molecule has 1 aliphatic heterocycles. The van der Waals surface area contributed by atoms with Crippen molar-refractivity contribution in [3.05, 3.63) is 70.2 Å². The number of likely N-dealkylation sites (N-methyl/N-ethyl adjacent to an activating group) is 2. The fourth-order valence-electron chi connectivity index (χ4n) is 4.55. The molecule has 0 radical (unpaired) electrons. The highest BCUT2D eigenvalue weighted by molar-refractivity contribution is 7.16. The van der Waals surface area contributed by atoms with Gasteiger partial charge in [0.05, 0.1) is 12.7 Å². The fraction of sp³-hybridized carbons (Fsp3) is 0.379. The maximum absolute atomic E-state index is 13.3. The Balaban J connectivity index is 0.00000308. The number of hydrogen-bond donors (Lipinski definition) is 3. The summed E-state index contributed by atoms with van der Waals surface area (Å²) in [6.45, 7) is 7.21. The number of aryl methyl sites for hydroxylation is 1. The molecule has 3 amide bonds. The molecule has 1 aliphatic rings. The number of carbonyl (C=O) groups excluding carboxylic acids is 3. The summed E-state index contributed by atoms with van der Waals surface area (Å²) < 4.78 is 0. The van der Waals surface area contributed by atoms with Gasteiger partial charge in [0.15, 0.2) is 0 Å². The van der Waals surface area contributed by atoms with Gasteiger partial charge in [-0.15, -0.1) is 36.2 Å². The molecule has 10 nitrogen and oxygen atoms in total. The van der Waals surface area contributed by atoms with E-state index >= 15 is 0 Å². The van der Waals surface area contributed by atoms with Crippen LogP contribution < -0.4 is 16.0 Å². The van der Waals surface area contributed by atoms with Gasteiger partial charge < -0.3 is 20.9 Å². The van der Waals surface area contributed by atoms with Crippen LogP contribution in [-0.4, -0.2) is 84.4 Å². The molecule has 4 rings (SSSR count). The Labute approximate surface area is 263 Å². The zero-order chi connectivity index (χ0) is 28.6. The van der Waals surface area contributed by atoms with Crippen LogP contribution in [0.4, 0.5) is 5.69 Å². The van der Waals surface area contributed by atoms with E-state index in [1.54, 1.807) is 30.2 Å². The topological polar surface area (TPSA) is 110 Å². The Hall–Kier alpha value is -3.22. The maximum Gasteiger partial charge on any atom is 0.262 e. The Morgan fingerprint density at radius 3 is 2.36 bits per heavy atom. The zero-order valence-electron chi connectivity index (χ0n) is 24.3. The van der Waals surface area contributed by atoms with Crippen LogP contribution in [0.15, 0.2) is 48.7 Å². The Bertz CT molecular complexity index is 1350. The molecule has 13 heteroatoms. The molecular weight excluding hydrogens is 597 g/mol. The van der Waals surface area contributed by atoms with Crippen molar-refractivity contribution in [1.29, 1.82) is 0 Å². The first-order valence-corrected chi connectivity index (χ1v) is 14.2. The minimum Gasteiger partial charge on any atom is -0.376 e. The molecule has 0 bridgehead atoms. The lowest BCUT2D eigenvalue weighted by Crippen LogP contribution is -2.49. The second-order valence-electron chi connectivity index (χ2n) is 9.67. The van der Waals surface area contributed by atoms with Gasteiger partial charge in [0.25, 0.3) is 11.8 Å². The highest BCUT2D eigenvalue weighted by Gasteiger charge is 2.27. The third-order valence-corrected chi connectivity index (χ3v) is 8.00. The second kappa shape index (κ2) is 16.4. The summed E-state index contributed by atoms with van der Waals surface area (Å²) in [6.07, 6.45) is 1.57. The number of nitrogens with zero attached hydrogens (tertiary/aromatic N) is 4. The summed E-state index contributed by atoms with van der Waals surface area (Å²) in [7, 11) is 3.36. The van der Waals surface area contributed by atoms with E-state index in [1.165, 1.54) is 22.5 Å². The number of hydrogen-bond acceptors (Lipinski definition) is 8. The van der Waals surface area contributed by atoms with Crippen molar-refractivity contribution in [2.45, 2.75) is 26.9 Å². The molecule has 3 N–H and O–H groups in total. The smallest absolute Gasteiger partial charge is 0.262 e. The lowest BCUT2D eigenvalue weighted by Gasteiger charge is -2.31. The van der Waals surface area contributed by atoms with Gasteiger partial charge in [-0.05, 0) is 48.4 Å². The van der Waals surface area contributed by atoms with Crippen molar-refractivity contribution in [3.63, 3.8) is 0 Å². The van der Waals surface area contributed by atoms with Crippen molar-refractivity contribution in [2.24, 2.45) is 0 Å².